The first-order valence-electron chi connectivity index (χ1n) is 14.6. The number of sulfone groups is 1. The number of anilines is 1. The van der Waals surface area contributed by atoms with Crippen LogP contribution in [0.15, 0.2) is 29.7 Å². The zero-order valence-electron chi connectivity index (χ0n) is 25.5. The standard InChI is InChI=1S/C29H36N8O6S/c1-18-9-10-21-19(17-31-37(21)22-8-6-7-15-41-22)24(18)42-26-23-20(16-30-34-26)25(33-27(32-23)44(5,39)40)35-11-13-36(14-12-35)28(38)43-29(2,3)4/h9-10,16-17,22H,6-8,11-15H2,1-5H3. The van der Waals surface area contributed by atoms with Gasteiger partial charge in [0.15, 0.2) is 6.23 Å². The molecule has 0 bridgehead atoms. The Morgan fingerprint density at radius 1 is 1.05 bits per heavy atom. The average molecular weight is 625 g/mol. The minimum atomic E-state index is -3.81. The molecule has 44 heavy (non-hydrogen) atoms. The molecule has 0 spiro atoms. The normalized spacial score (nSPS) is 18.2. The number of carbonyl (C=O) groups is 1. The van der Waals surface area contributed by atoms with E-state index in [1.807, 2.05) is 49.4 Å². The van der Waals surface area contributed by atoms with E-state index in [4.69, 9.17) is 14.2 Å². The molecule has 5 heterocycles. The van der Waals surface area contributed by atoms with Gasteiger partial charge in [-0.3, -0.25) is 0 Å². The number of ether oxygens (including phenoxy) is 3. The molecule has 1 atom stereocenters. The molecule has 2 aliphatic heterocycles. The van der Waals surface area contributed by atoms with Crippen LogP contribution in [0.4, 0.5) is 10.6 Å². The molecule has 2 saturated heterocycles. The lowest BCUT2D eigenvalue weighted by Crippen LogP contribution is -2.50. The summed E-state index contributed by atoms with van der Waals surface area (Å²) in [6.07, 6.45) is 6.70. The van der Waals surface area contributed by atoms with Crippen LogP contribution in [0.1, 0.15) is 51.8 Å². The van der Waals surface area contributed by atoms with Gasteiger partial charge in [-0.05, 0) is 58.6 Å². The van der Waals surface area contributed by atoms with Gasteiger partial charge in [0.25, 0.3) is 5.88 Å². The van der Waals surface area contributed by atoms with Crippen molar-refractivity contribution < 1.29 is 27.4 Å². The Morgan fingerprint density at radius 3 is 2.50 bits per heavy atom. The van der Waals surface area contributed by atoms with Crippen LogP contribution in [-0.2, 0) is 19.3 Å². The summed E-state index contributed by atoms with van der Waals surface area (Å²) in [6, 6.07) is 3.92. The Kier molecular flexibility index (Phi) is 7.78. The molecule has 6 rings (SSSR count). The summed E-state index contributed by atoms with van der Waals surface area (Å²) < 4.78 is 45.2. The molecule has 234 valence electrons. The fourth-order valence-electron chi connectivity index (χ4n) is 5.39. The first-order chi connectivity index (χ1) is 20.9. The Morgan fingerprint density at radius 2 is 1.82 bits per heavy atom. The summed E-state index contributed by atoms with van der Waals surface area (Å²) in [6.45, 7) is 9.59. The molecule has 15 heteroatoms. The quantitative estimate of drug-likeness (QED) is 0.294. The number of benzene rings is 1. The fraction of sp³-hybridized carbons (Fsp3) is 0.517. The van der Waals surface area contributed by atoms with Crippen molar-refractivity contribution in [1.29, 1.82) is 0 Å². The van der Waals surface area contributed by atoms with Crippen molar-refractivity contribution >= 4 is 43.6 Å². The second kappa shape index (κ2) is 11.4. The molecule has 2 fully saturated rings. The van der Waals surface area contributed by atoms with Crippen LogP contribution in [0.5, 0.6) is 11.6 Å². The molecule has 14 nitrogen and oxygen atoms in total. The molecule has 1 aromatic carbocycles. The monoisotopic (exact) mass is 624 g/mol. The average Bonchev–Trinajstić information content (AvgIpc) is 3.42. The predicted molar refractivity (Wildman–Crippen MR) is 162 cm³/mol. The van der Waals surface area contributed by atoms with E-state index >= 15 is 0 Å². The third kappa shape index (κ3) is 5.98. The van der Waals surface area contributed by atoms with Crippen LogP contribution in [0.2, 0.25) is 0 Å². The summed E-state index contributed by atoms with van der Waals surface area (Å²) >= 11 is 0. The second-order valence-corrected chi connectivity index (χ2v) is 14.0. The van der Waals surface area contributed by atoms with Gasteiger partial charge in [0.05, 0.1) is 28.7 Å². The van der Waals surface area contributed by atoms with Gasteiger partial charge in [0.2, 0.25) is 15.0 Å². The van der Waals surface area contributed by atoms with Crippen molar-refractivity contribution in [2.24, 2.45) is 0 Å². The first-order valence-corrected chi connectivity index (χ1v) is 16.5. The first kappa shape index (κ1) is 29.9. The number of fused-ring (bicyclic) bond motifs is 2. The van der Waals surface area contributed by atoms with Crippen LogP contribution in [-0.4, -0.2) is 94.0 Å². The molecular weight excluding hydrogens is 588 g/mol. The summed E-state index contributed by atoms with van der Waals surface area (Å²) in [5.41, 5.74) is 1.28. The van der Waals surface area contributed by atoms with Crippen LogP contribution in [0.3, 0.4) is 0 Å². The maximum atomic E-state index is 12.7. The third-order valence-corrected chi connectivity index (χ3v) is 8.41. The number of nitrogens with zero attached hydrogens (tertiary/aromatic N) is 8. The Balaban J connectivity index is 1.37. The van der Waals surface area contributed by atoms with Gasteiger partial charge >= 0.3 is 6.09 Å². The fourth-order valence-corrected chi connectivity index (χ4v) is 5.90. The van der Waals surface area contributed by atoms with Crippen molar-refractivity contribution in [2.45, 2.75) is 63.9 Å². The molecule has 0 aliphatic carbocycles. The third-order valence-electron chi connectivity index (χ3n) is 7.56. The second-order valence-electron chi connectivity index (χ2n) is 12.1. The van der Waals surface area contributed by atoms with Crippen LogP contribution >= 0.6 is 0 Å². The van der Waals surface area contributed by atoms with E-state index in [-0.39, 0.29) is 22.8 Å². The lowest BCUT2D eigenvalue weighted by molar-refractivity contribution is -0.0366. The number of carbonyl (C=O) groups excluding carboxylic acids is 1. The molecule has 0 N–H and O–H groups in total. The van der Waals surface area contributed by atoms with Gasteiger partial charge in [-0.25, -0.2) is 27.9 Å². The van der Waals surface area contributed by atoms with E-state index in [9.17, 15) is 13.2 Å². The van der Waals surface area contributed by atoms with Crippen molar-refractivity contribution in [3.05, 3.63) is 30.1 Å². The minimum Gasteiger partial charge on any atom is -0.444 e. The van der Waals surface area contributed by atoms with E-state index in [2.05, 4.69) is 25.3 Å². The number of aryl methyl sites for hydroxylation is 1. The smallest absolute Gasteiger partial charge is 0.410 e. The molecular formula is C29H36N8O6S. The summed E-state index contributed by atoms with van der Waals surface area (Å²) in [5, 5.41) is 13.9. The number of rotatable bonds is 5. The molecule has 0 saturated carbocycles. The van der Waals surface area contributed by atoms with E-state index in [0.717, 1.165) is 42.0 Å². The number of piperazine rings is 1. The minimum absolute atomic E-state index is 0.0423. The maximum Gasteiger partial charge on any atom is 0.410 e. The summed E-state index contributed by atoms with van der Waals surface area (Å²) in [7, 11) is -3.81. The Labute approximate surface area is 255 Å². The SMILES string of the molecule is Cc1ccc2c(cnn2C2CCCCO2)c1Oc1nncc2c(N3CCN(C(=O)OC(C)(C)C)CC3)nc(S(C)(=O)=O)nc12. The van der Waals surface area contributed by atoms with Crippen LogP contribution < -0.4 is 9.64 Å². The van der Waals surface area contributed by atoms with Gasteiger partial charge in [-0.15, -0.1) is 5.10 Å². The van der Waals surface area contributed by atoms with Gasteiger partial charge < -0.3 is 24.0 Å². The highest BCUT2D eigenvalue weighted by atomic mass is 32.2. The summed E-state index contributed by atoms with van der Waals surface area (Å²) in [4.78, 5) is 25.0. The summed E-state index contributed by atoms with van der Waals surface area (Å²) in [5.74, 6) is 0.926. The predicted octanol–water partition coefficient (Wildman–Crippen LogP) is 4.03. The van der Waals surface area contributed by atoms with Gasteiger partial charge in [0.1, 0.15) is 22.7 Å². The Bertz CT molecular complexity index is 1820. The molecule has 3 aromatic heterocycles. The van der Waals surface area contributed by atoms with Gasteiger partial charge in [-0.1, -0.05) is 6.07 Å². The highest BCUT2D eigenvalue weighted by molar-refractivity contribution is 7.90. The Hall–Kier alpha value is -4.11. The van der Waals surface area contributed by atoms with Crippen molar-refractivity contribution in [3.8, 4) is 11.6 Å². The van der Waals surface area contributed by atoms with E-state index in [1.54, 1.807) is 11.1 Å². The highest BCUT2D eigenvalue weighted by Gasteiger charge is 2.29. The van der Waals surface area contributed by atoms with Crippen molar-refractivity contribution in [2.75, 3.05) is 43.9 Å². The van der Waals surface area contributed by atoms with Gasteiger partial charge in [-0.2, -0.15) is 10.2 Å². The topological polar surface area (TPSA) is 155 Å². The lowest BCUT2D eigenvalue weighted by atomic mass is 10.1. The molecule has 2 aliphatic rings. The number of hydrogen-bond acceptors (Lipinski definition) is 12. The maximum absolute atomic E-state index is 12.7. The zero-order valence-corrected chi connectivity index (χ0v) is 26.3. The van der Waals surface area contributed by atoms with Crippen molar-refractivity contribution in [1.82, 2.24) is 34.8 Å². The van der Waals surface area contributed by atoms with Crippen LogP contribution in [0, 0.1) is 6.92 Å². The van der Waals surface area contributed by atoms with Gasteiger partial charge in [0, 0.05) is 39.0 Å². The van der Waals surface area contributed by atoms with E-state index < -0.39 is 21.5 Å². The highest BCUT2D eigenvalue weighted by Crippen LogP contribution is 2.38. The molecule has 1 amide bonds. The molecule has 1 unspecified atom stereocenters. The number of hydrogen-bond donors (Lipinski definition) is 0. The number of amides is 1. The molecule has 4 aromatic rings. The molecule has 0 radical (unpaired) electrons. The zero-order chi connectivity index (χ0) is 31.2. The van der Waals surface area contributed by atoms with E-state index in [0.29, 0.717) is 49.7 Å². The lowest BCUT2D eigenvalue weighted by Gasteiger charge is -2.36. The number of aromatic nitrogens is 6. The van der Waals surface area contributed by atoms with Crippen LogP contribution in [0.25, 0.3) is 21.8 Å². The van der Waals surface area contributed by atoms with Crippen molar-refractivity contribution in [3.63, 3.8) is 0 Å². The van der Waals surface area contributed by atoms with E-state index in [1.165, 1.54) is 6.20 Å². The largest absolute Gasteiger partial charge is 0.444 e.